The molecule has 126 valence electrons. The Labute approximate surface area is 143 Å². The first kappa shape index (κ1) is 17.7. The maximum Gasteiger partial charge on any atom is 0.345 e. The van der Waals surface area contributed by atoms with Gasteiger partial charge in [0.1, 0.15) is 12.4 Å². The van der Waals surface area contributed by atoms with Crippen LogP contribution in [0.2, 0.25) is 5.28 Å². The fourth-order valence-corrected chi connectivity index (χ4v) is 2.16. The molecule has 1 aromatic carbocycles. The van der Waals surface area contributed by atoms with Crippen molar-refractivity contribution < 1.29 is 24.2 Å². The molecule has 1 atom stereocenters. The summed E-state index contributed by atoms with van der Waals surface area (Å²) < 4.78 is 10.5. The van der Waals surface area contributed by atoms with E-state index >= 15 is 0 Å². The molecule has 2 aromatic rings. The molecule has 1 N–H and O–H groups in total. The van der Waals surface area contributed by atoms with Gasteiger partial charge in [-0.15, -0.1) is 0 Å². The first-order chi connectivity index (χ1) is 11.5. The quantitative estimate of drug-likeness (QED) is 0.604. The highest BCUT2D eigenvalue weighted by Crippen LogP contribution is 2.22. The van der Waals surface area contributed by atoms with Crippen molar-refractivity contribution in [3.63, 3.8) is 0 Å². The van der Waals surface area contributed by atoms with E-state index in [1.54, 1.807) is 30.3 Å². The van der Waals surface area contributed by atoms with Crippen molar-refractivity contribution in [2.75, 3.05) is 0 Å². The maximum absolute atomic E-state index is 11.2. The number of ether oxygens (including phenoxy) is 2. The van der Waals surface area contributed by atoms with E-state index in [0.717, 1.165) is 6.92 Å². The Kier molecular flexibility index (Phi) is 6.08. The van der Waals surface area contributed by atoms with Gasteiger partial charge in [-0.05, 0) is 29.3 Å². The third-order valence-electron chi connectivity index (χ3n) is 3.02. The summed E-state index contributed by atoms with van der Waals surface area (Å²) in [5.41, 5.74) is 1.19. The van der Waals surface area contributed by atoms with Crippen molar-refractivity contribution in [1.29, 1.82) is 0 Å². The number of carbonyl (C=O) groups excluding carboxylic acids is 1. The summed E-state index contributed by atoms with van der Waals surface area (Å²) in [5, 5.41) is 9.28. The van der Waals surface area contributed by atoms with Crippen LogP contribution in [0.15, 0.2) is 36.5 Å². The van der Waals surface area contributed by atoms with E-state index in [9.17, 15) is 9.59 Å². The molecule has 0 spiro atoms. The number of carboxylic acids is 1. The molecule has 0 fully saturated rings. The third kappa shape index (κ3) is 5.20. The molecule has 24 heavy (non-hydrogen) atoms. The minimum atomic E-state index is -1.28. The molecule has 2 rings (SSSR count). The van der Waals surface area contributed by atoms with Gasteiger partial charge in [0.2, 0.25) is 11.4 Å². The van der Waals surface area contributed by atoms with E-state index in [1.807, 2.05) is 0 Å². The lowest BCUT2D eigenvalue weighted by Crippen LogP contribution is -2.28. The predicted octanol–water partition coefficient (Wildman–Crippen LogP) is 2.27. The number of benzene rings is 1. The Morgan fingerprint density at radius 1 is 1.29 bits per heavy atom. The predicted molar refractivity (Wildman–Crippen MR) is 84.7 cm³/mol. The van der Waals surface area contributed by atoms with Gasteiger partial charge < -0.3 is 14.6 Å². The van der Waals surface area contributed by atoms with Crippen molar-refractivity contribution >= 4 is 23.5 Å². The lowest BCUT2D eigenvalue weighted by Gasteiger charge is -2.15. The normalized spacial score (nSPS) is 11.6. The molecule has 1 unspecified atom stereocenters. The van der Waals surface area contributed by atoms with Crippen LogP contribution >= 0.6 is 11.6 Å². The van der Waals surface area contributed by atoms with Crippen molar-refractivity contribution in [2.24, 2.45) is 0 Å². The molecule has 0 radical (unpaired) electrons. The van der Waals surface area contributed by atoms with Crippen LogP contribution in [0.3, 0.4) is 0 Å². The number of nitrogens with zero attached hydrogens (tertiary/aromatic N) is 2. The van der Waals surface area contributed by atoms with E-state index in [4.69, 9.17) is 26.2 Å². The standard InChI is InChI=1S/C16H15ClN2O5/c1-10(20)24-14(15(21)22)8-11-4-2-3-5-13(11)23-9-12-6-7-18-16(17)19-12/h2-7,14H,8-9H2,1H3,(H,21,22). The number of hydrogen-bond acceptors (Lipinski definition) is 6. The second kappa shape index (κ2) is 8.26. The minimum absolute atomic E-state index is 0.00435. The molecule has 1 heterocycles. The van der Waals surface area contributed by atoms with E-state index in [1.165, 1.54) is 6.20 Å². The van der Waals surface area contributed by atoms with Crippen LogP contribution in [0.5, 0.6) is 5.75 Å². The number of carbonyl (C=O) groups is 2. The van der Waals surface area contributed by atoms with Gasteiger partial charge in [-0.3, -0.25) is 4.79 Å². The highest BCUT2D eigenvalue weighted by atomic mass is 35.5. The molecular formula is C16H15ClN2O5. The second-order valence-corrected chi connectivity index (χ2v) is 5.19. The first-order valence-electron chi connectivity index (χ1n) is 7.04. The summed E-state index contributed by atoms with van der Waals surface area (Å²) in [6, 6.07) is 8.57. The molecule has 0 aliphatic carbocycles. The number of halogens is 1. The highest BCUT2D eigenvalue weighted by molar-refractivity contribution is 6.28. The molecular weight excluding hydrogens is 336 g/mol. The fourth-order valence-electron chi connectivity index (χ4n) is 1.99. The van der Waals surface area contributed by atoms with Crippen molar-refractivity contribution in [3.8, 4) is 5.75 Å². The van der Waals surface area contributed by atoms with E-state index in [2.05, 4.69) is 9.97 Å². The first-order valence-corrected chi connectivity index (χ1v) is 7.41. The third-order valence-corrected chi connectivity index (χ3v) is 3.20. The number of hydrogen-bond donors (Lipinski definition) is 1. The van der Waals surface area contributed by atoms with Gasteiger partial charge in [-0.25, -0.2) is 14.8 Å². The lowest BCUT2D eigenvalue weighted by molar-refractivity contribution is -0.162. The van der Waals surface area contributed by atoms with Crippen LogP contribution in [0.1, 0.15) is 18.2 Å². The van der Waals surface area contributed by atoms with Gasteiger partial charge in [0, 0.05) is 19.5 Å². The molecule has 0 saturated heterocycles. The Morgan fingerprint density at radius 2 is 2.04 bits per heavy atom. The molecule has 8 heteroatoms. The number of aliphatic carboxylic acids is 1. The topological polar surface area (TPSA) is 98.6 Å². The smallest absolute Gasteiger partial charge is 0.345 e. The minimum Gasteiger partial charge on any atom is -0.487 e. The summed E-state index contributed by atoms with van der Waals surface area (Å²) in [6.45, 7) is 1.31. The Morgan fingerprint density at radius 3 is 2.71 bits per heavy atom. The average molecular weight is 351 g/mol. The summed E-state index contributed by atoms with van der Waals surface area (Å²) in [7, 11) is 0. The van der Waals surface area contributed by atoms with Crippen LogP contribution in [0, 0.1) is 0 Å². The molecule has 0 bridgehead atoms. The number of rotatable bonds is 7. The van der Waals surface area contributed by atoms with Gasteiger partial charge in [-0.1, -0.05) is 18.2 Å². The lowest BCUT2D eigenvalue weighted by atomic mass is 10.1. The average Bonchev–Trinajstić information content (AvgIpc) is 2.53. The molecule has 0 amide bonds. The largest absolute Gasteiger partial charge is 0.487 e. The Hall–Kier alpha value is -2.67. The van der Waals surface area contributed by atoms with E-state index < -0.39 is 18.0 Å². The van der Waals surface area contributed by atoms with Crippen molar-refractivity contribution in [1.82, 2.24) is 9.97 Å². The number of para-hydroxylation sites is 1. The van der Waals surface area contributed by atoms with Gasteiger partial charge in [0.15, 0.2) is 0 Å². The number of esters is 1. The molecule has 0 aliphatic rings. The zero-order valence-corrected chi connectivity index (χ0v) is 13.6. The zero-order valence-electron chi connectivity index (χ0n) is 12.8. The van der Waals surface area contributed by atoms with E-state index in [0.29, 0.717) is 17.0 Å². The molecule has 1 aromatic heterocycles. The maximum atomic E-state index is 11.2. The Bertz CT molecular complexity index is 738. The van der Waals surface area contributed by atoms with Gasteiger partial charge in [0.05, 0.1) is 5.69 Å². The number of aromatic nitrogens is 2. The van der Waals surface area contributed by atoms with Crippen molar-refractivity contribution in [2.45, 2.75) is 26.1 Å². The van der Waals surface area contributed by atoms with Gasteiger partial charge in [0.25, 0.3) is 0 Å². The zero-order chi connectivity index (χ0) is 17.5. The Balaban J connectivity index is 2.11. The summed E-state index contributed by atoms with van der Waals surface area (Å²) in [4.78, 5) is 30.0. The SMILES string of the molecule is CC(=O)OC(Cc1ccccc1OCc1ccnc(Cl)n1)C(=O)O. The van der Waals surface area contributed by atoms with Crippen LogP contribution in [0.25, 0.3) is 0 Å². The summed E-state index contributed by atoms with van der Waals surface area (Å²) in [6.07, 6.45) is 0.234. The highest BCUT2D eigenvalue weighted by Gasteiger charge is 2.22. The molecule has 7 nitrogen and oxygen atoms in total. The van der Waals surface area contributed by atoms with Crippen molar-refractivity contribution in [3.05, 3.63) is 53.1 Å². The van der Waals surface area contributed by atoms with Crippen LogP contribution in [-0.4, -0.2) is 33.1 Å². The summed E-state index contributed by atoms with van der Waals surface area (Å²) in [5.74, 6) is -1.40. The fraction of sp³-hybridized carbons (Fsp3) is 0.250. The molecule has 0 aliphatic heterocycles. The summed E-state index contributed by atoms with van der Waals surface area (Å²) >= 11 is 5.72. The second-order valence-electron chi connectivity index (χ2n) is 4.85. The molecule has 0 saturated carbocycles. The van der Waals surface area contributed by atoms with Crippen LogP contribution in [-0.2, 0) is 27.4 Å². The van der Waals surface area contributed by atoms with Crippen LogP contribution in [0.4, 0.5) is 0 Å². The van der Waals surface area contributed by atoms with Gasteiger partial charge in [-0.2, -0.15) is 0 Å². The monoisotopic (exact) mass is 350 g/mol. The van der Waals surface area contributed by atoms with Gasteiger partial charge >= 0.3 is 11.9 Å². The number of carboxylic acid groups (broad SMARTS) is 1. The van der Waals surface area contributed by atoms with E-state index in [-0.39, 0.29) is 18.3 Å². The van der Waals surface area contributed by atoms with Crippen LogP contribution < -0.4 is 4.74 Å².